The summed E-state index contributed by atoms with van der Waals surface area (Å²) in [6.07, 6.45) is -0.548. The first-order chi connectivity index (χ1) is 12.1. The molecule has 1 aromatic heterocycles. The van der Waals surface area contributed by atoms with Crippen molar-refractivity contribution in [2.45, 2.75) is 6.10 Å². The highest BCUT2D eigenvalue weighted by Crippen LogP contribution is 2.36. The van der Waals surface area contributed by atoms with Crippen LogP contribution >= 0.6 is 0 Å². The second-order valence-corrected chi connectivity index (χ2v) is 6.80. The lowest BCUT2D eigenvalue weighted by atomic mass is 9.98. The lowest BCUT2D eigenvalue weighted by Crippen LogP contribution is -2.20. The van der Waals surface area contributed by atoms with Crippen LogP contribution in [0.25, 0.3) is 32.9 Å². The molecule has 3 aromatic carbocycles. The van der Waals surface area contributed by atoms with Gasteiger partial charge in [0, 0.05) is 23.0 Å². The molecule has 1 unspecified atom stereocenters. The first-order valence-electron chi connectivity index (χ1n) is 8.56. The maximum absolute atomic E-state index is 10.9. The zero-order chi connectivity index (χ0) is 17.4. The molecule has 3 heteroatoms. The van der Waals surface area contributed by atoms with Crippen LogP contribution in [0.15, 0.2) is 66.7 Å². The van der Waals surface area contributed by atoms with Gasteiger partial charge in [0.2, 0.25) is 0 Å². The lowest BCUT2D eigenvalue weighted by Gasteiger charge is -2.17. The van der Waals surface area contributed by atoms with E-state index in [9.17, 15) is 5.11 Å². The Kier molecular flexibility index (Phi) is 4.04. The van der Waals surface area contributed by atoms with Crippen molar-refractivity contribution >= 4 is 21.7 Å². The molecule has 0 spiro atoms. The predicted molar refractivity (Wildman–Crippen MR) is 105 cm³/mol. The van der Waals surface area contributed by atoms with Crippen molar-refractivity contribution in [3.8, 4) is 11.3 Å². The minimum atomic E-state index is -0.548. The van der Waals surface area contributed by atoms with Crippen LogP contribution < -0.4 is 0 Å². The van der Waals surface area contributed by atoms with Crippen LogP contribution in [0, 0.1) is 0 Å². The molecule has 3 nitrogen and oxygen atoms in total. The summed E-state index contributed by atoms with van der Waals surface area (Å²) in [5.41, 5.74) is 4.13. The van der Waals surface area contributed by atoms with Gasteiger partial charge in [-0.1, -0.05) is 54.6 Å². The third kappa shape index (κ3) is 2.93. The maximum Gasteiger partial charge on any atom is 0.0943 e. The molecule has 4 aromatic rings. The van der Waals surface area contributed by atoms with Crippen molar-refractivity contribution in [1.82, 2.24) is 9.88 Å². The summed E-state index contributed by atoms with van der Waals surface area (Å²) in [6.45, 7) is 0.586. The smallest absolute Gasteiger partial charge is 0.0943 e. The van der Waals surface area contributed by atoms with Crippen molar-refractivity contribution < 1.29 is 5.11 Å². The summed E-state index contributed by atoms with van der Waals surface area (Å²) in [5.74, 6) is 0. The quantitative estimate of drug-likeness (QED) is 0.575. The number of aromatic amines is 1. The number of aliphatic hydroxyl groups excluding tert-OH is 1. The number of hydrogen-bond donors (Lipinski definition) is 2. The van der Waals surface area contributed by atoms with Gasteiger partial charge in [-0.15, -0.1) is 0 Å². The SMILES string of the molecule is CN(C)CC(O)c1c(-c2ccc3ccccc3c2)[nH]c2ccccc12. The fourth-order valence-corrected chi connectivity index (χ4v) is 3.52. The van der Waals surface area contributed by atoms with Gasteiger partial charge in [0.25, 0.3) is 0 Å². The van der Waals surface area contributed by atoms with Crippen molar-refractivity contribution in [3.05, 3.63) is 72.3 Å². The van der Waals surface area contributed by atoms with E-state index >= 15 is 0 Å². The molecule has 0 bridgehead atoms. The summed E-state index contributed by atoms with van der Waals surface area (Å²) in [7, 11) is 3.96. The van der Waals surface area contributed by atoms with Gasteiger partial charge in [-0.05, 0) is 42.6 Å². The molecule has 1 heterocycles. The molecule has 2 N–H and O–H groups in total. The van der Waals surface area contributed by atoms with Crippen molar-refractivity contribution in [3.63, 3.8) is 0 Å². The number of hydrogen-bond acceptors (Lipinski definition) is 2. The number of para-hydroxylation sites is 1. The number of fused-ring (bicyclic) bond motifs is 2. The Morgan fingerprint density at radius 2 is 1.64 bits per heavy atom. The van der Waals surface area contributed by atoms with E-state index in [-0.39, 0.29) is 0 Å². The monoisotopic (exact) mass is 330 g/mol. The Morgan fingerprint density at radius 3 is 2.44 bits per heavy atom. The van der Waals surface area contributed by atoms with E-state index in [2.05, 4.69) is 59.6 Å². The van der Waals surface area contributed by atoms with Crippen LogP contribution in [-0.2, 0) is 0 Å². The van der Waals surface area contributed by atoms with Crippen LogP contribution in [0.1, 0.15) is 11.7 Å². The summed E-state index contributed by atoms with van der Waals surface area (Å²) in [5, 5.41) is 14.4. The minimum Gasteiger partial charge on any atom is -0.387 e. The Labute approximate surface area is 147 Å². The fourth-order valence-electron chi connectivity index (χ4n) is 3.52. The molecule has 4 rings (SSSR count). The molecule has 0 aliphatic rings. The largest absolute Gasteiger partial charge is 0.387 e. The van der Waals surface area contributed by atoms with Crippen LogP contribution in [0.2, 0.25) is 0 Å². The maximum atomic E-state index is 10.9. The molecule has 1 atom stereocenters. The summed E-state index contributed by atoms with van der Waals surface area (Å²) in [4.78, 5) is 5.53. The van der Waals surface area contributed by atoms with Gasteiger partial charge in [0.1, 0.15) is 0 Å². The van der Waals surface area contributed by atoms with Gasteiger partial charge < -0.3 is 15.0 Å². The van der Waals surface area contributed by atoms with E-state index < -0.39 is 6.10 Å². The molecule has 0 fully saturated rings. The zero-order valence-electron chi connectivity index (χ0n) is 14.5. The van der Waals surface area contributed by atoms with Gasteiger partial charge in [0.15, 0.2) is 0 Å². The summed E-state index contributed by atoms with van der Waals surface area (Å²) in [6, 6.07) is 23.0. The highest BCUT2D eigenvalue weighted by molar-refractivity contribution is 5.94. The van der Waals surface area contributed by atoms with E-state index in [1.54, 1.807) is 0 Å². The number of nitrogens with one attached hydrogen (secondary N) is 1. The summed E-state index contributed by atoms with van der Waals surface area (Å²) < 4.78 is 0. The van der Waals surface area contributed by atoms with E-state index in [0.29, 0.717) is 6.54 Å². The number of rotatable bonds is 4. The molecular formula is C22H22N2O. The Hall–Kier alpha value is -2.62. The fraction of sp³-hybridized carbons (Fsp3) is 0.182. The number of aromatic nitrogens is 1. The molecular weight excluding hydrogens is 308 g/mol. The first-order valence-corrected chi connectivity index (χ1v) is 8.56. The van der Waals surface area contributed by atoms with E-state index in [4.69, 9.17) is 0 Å². The normalized spacial score (nSPS) is 13.0. The first kappa shape index (κ1) is 15.9. The third-order valence-corrected chi connectivity index (χ3v) is 4.66. The second kappa shape index (κ2) is 6.36. The molecule has 0 amide bonds. The standard InChI is InChI=1S/C22H22N2O/c1-24(2)14-20(25)21-18-9-5-6-10-19(18)23-22(21)17-12-11-15-7-3-4-8-16(15)13-17/h3-13,20,23,25H,14H2,1-2H3. The van der Waals surface area contributed by atoms with Gasteiger partial charge in [-0.2, -0.15) is 0 Å². The molecule has 0 radical (unpaired) electrons. The van der Waals surface area contributed by atoms with Gasteiger partial charge in [0.05, 0.1) is 11.8 Å². The van der Waals surface area contributed by atoms with E-state index in [1.807, 2.05) is 31.1 Å². The topological polar surface area (TPSA) is 39.3 Å². The number of nitrogens with zero attached hydrogens (tertiary/aromatic N) is 1. The van der Waals surface area contributed by atoms with Crippen molar-refractivity contribution in [1.29, 1.82) is 0 Å². The average Bonchev–Trinajstić information content (AvgIpc) is 3.00. The third-order valence-electron chi connectivity index (χ3n) is 4.66. The molecule has 0 saturated heterocycles. The molecule has 25 heavy (non-hydrogen) atoms. The molecule has 0 aliphatic heterocycles. The molecule has 126 valence electrons. The van der Waals surface area contributed by atoms with Crippen molar-refractivity contribution in [2.75, 3.05) is 20.6 Å². The van der Waals surface area contributed by atoms with Gasteiger partial charge >= 0.3 is 0 Å². The van der Waals surface area contributed by atoms with Crippen LogP contribution in [0.3, 0.4) is 0 Å². The molecule has 0 aliphatic carbocycles. The number of H-pyrrole nitrogens is 1. The second-order valence-electron chi connectivity index (χ2n) is 6.80. The Balaban J connectivity index is 1.93. The Bertz CT molecular complexity index is 1030. The highest BCUT2D eigenvalue weighted by atomic mass is 16.3. The lowest BCUT2D eigenvalue weighted by molar-refractivity contribution is 0.140. The minimum absolute atomic E-state index is 0.548. The Morgan fingerprint density at radius 1 is 0.920 bits per heavy atom. The van der Waals surface area contributed by atoms with Gasteiger partial charge in [-0.3, -0.25) is 0 Å². The van der Waals surface area contributed by atoms with Crippen LogP contribution in [0.5, 0.6) is 0 Å². The van der Waals surface area contributed by atoms with Crippen LogP contribution in [-0.4, -0.2) is 35.6 Å². The number of benzene rings is 3. The average molecular weight is 330 g/mol. The van der Waals surface area contributed by atoms with Crippen LogP contribution in [0.4, 0.5) is 0 Å². The zero-order valence-corrected chi connectivity index (χ0v) is 14.5. The predicted octanol–water partition coefficient (Wildman–Crippen LogP) is 4.58. The van der Waals surface area contributed by atoms with Crippen molar-refractivity contribution in [2.24, 2.45) is 0 Å². The number of likely N-dealkylation sites (N-methyl/N-ethyl adjacent to an activating group) is 1. The van der Waals surface area contributed by atoms with Gasteiger partial charge in [-0.25, -0.2) is 0 Å². The van der Waals surface area contributed by atoms with E-state index in [1.165, 1.54) is 10.8 Å². The number of aliphatic hydroxyl groups is 1. The summed E-state index contributed by atoms with van der Waals surface area (Å²) >= 11 is 0. The molecule has 0 saturated carbocycles. The van der Waals surface area contributed by atoms with E-state index in [0.717, 1.165) is 27.7 Å². The highest BCUT2D eigenvalue weighted by Gasteiger charge is 2.20.